The zero-order valence-electron chi connectivity index (χ0n) is 8.78. The molecule has 0 saturated heterocycles. The van der Waals surface area contributed by atoms with Gasteiger partial charge in [0.05, 0.1) is 18.2 Å². The van der Waals surface area contributed by atoms with Crippen LogP contribution >= 0.6 is 0 Å². The minimum Gasteiger partial charge on any atom is -0.389 e. The number of aromatic nitrogens is 2. The van der Waals surface area contributed by atoms with Crippen LogP contribution in [0.15, 0.2) is 21.9 Å². The van der Waals surface area contributed by atoms with Gasteiger partial charge in [0.1, 0.15) is 6.10 Å². The van der Waals surface area contributed by atoms with Crippen molar-refractivity contribution in [3.8, 4) is 0 Å². The fraction of sp³-hybridized carbons (Fsp3) is 0.556. The van der Waals surface area contributed by atoms with Crippen LogP contribution in [-0.4, -0.2) is 43.2 Å². The zero-order chi connectivity index (χ0) is 12.6. The number of aromatic amines is 1. The fourth-order valence-electron chi connectivity index (χ4n) is 2.10. The van der Waals surface area contributed by atoms with Crippen molar-refractivity contribution >= 4 is 0 Å². The van der Waals surface area contributed by atoms with E-state index in [-0.39, 0.29) is 6.42 Å². The summed E-state index contributed by atoms with van der Waals surface area (Å²) in [5.74, 6) is 0. The van der Waals surface area contributed by atoms with Gasteiger partial charge in [-0.3, -0.25) is 14.3 Å². The number of aliphatic hydroxyl groups excluding tert-OH is 2. The quantitative estimate of drug-likeness (QED) is 0.367. The molecule has 17 heavy (non-hydrogen) atoms. The lowest BCUT2D eigenvalue weighted by atomic mass is 10.2. The molecule has 0 spiro atoms. The summed E-state index contributed by atoms with van der Waals surface area (Å²) in [6.07, 6.45) is -0.946. The highest BCUT2D eigenvalue weighted by Gasteiger charge is 2.42. The summed E-state index contributed by atoms with van der Waals surface area (Å²) in [5.41, 5.74) is 0.686. The number of hydroxylamine groups is 1. The van der Waals surface area contributed by atoms with Gasteiger partial charge < -0.3 is 15.4 Å². The molecule has 1 aromatic heterocycles. The number of hydrogen-bond acceptors (Lipinski definition) is 6. The number of rotatable bonds is 2. The second-order valence-electron chi connectivity index (χ2n) is 4.04. The maximum absolute atomic E-state index is 11.5. The van der Waals surface area contributed by atoms with Crippen LogP contribution in [0.25, 0.3) is 0 Å². The topological polar surface area (TPSA) is 128 Å². The molecule has 1 aliphatic carbocycles. The van der Waals surface area contributed by atoms with Gasteiger partial charge in [0.25, 0.3) is 5.56 Å². The van der Waals surface area contributed by atoms with Gasteiger partial charge in [0, 0.05) is 12.3 Å². The second-order valence-corrected chi connectivity index (χ2v) is 4.04. The Balaban J connectivity index is 2.35. The van der Waals surface area contributed by atoms with E-state index in [0.29, 0.717) is 0 Å². The lowest BCUT2D eigenvalue weighted by Crippen LogP contribution is -2.39. The summed E-state index contributed by atoms with van der Waals surface area (Å²) in [6.45, 7) is 0. The number of H-pyrrole nitrogens is 1. The van der Waals surface area contributed by atoms with Crippen molar-refractivity contribution in [2.75, 3.05) is 0 Å². The third-order valence-electron chi connectivity index (χ3n) is 3.03. The van der Waals surface area contributed by atoms with E-state index in [1.54, 1.807) is 0 Å². The highest BCUT2D eigenvalue weighted by molar-refractivity contribution is 4.99. The Morgan fingerprint density at radius 3 is 2.59 bits per heavy atom. The van der Waals surface area contributed by atoms with E-state index in [1.807, 2.05) is 5.48 Å². The van der Waals surface area contributed by atoms with E-state index >= 15 is 0 Å². The molecule has 0 unspecified atom stereocenters. The van der Waals surface area contributed by atoms with Crippen LogP contribution in [-0.2, 0) is 0 Å². The zero-order valence-corrected chi connectivity index (χ0v) is 8.78. The lowest BCUT2D eigenvalue weighted by Gasteiger charge is -2.18. The van der Waals surface area contributed by atoms with E-state index in [1.165, 1.54) is 6.20 Å². The molecule has 1 aliphatic rings. The smallest absolute Gasteiger partial charge is 0.328 e. The number of nitrogens with one attached hydrogen (secondary N) is 2. The molecule has 2 rings (SSSR count). The third kappa shape index (κ3) is 2.03. The Bertz CT molecular complexity index is 510. The molecule has 0 aliphatic heterocycles. The van der Waals surface area contributed by atoms with Crippen LogP contribution < -0.4 is 16.7 Å². The molecular weight excluding hydrogens is 230 g/mol. The largest absolute Gasteiger partial charge is 0.389 e. The van der Waals surface area contributed by atoms with Crippen LogP contribution in [0.5, 0.6) is 0 Å². The summed E-state index contributed by atoms with van der Waals surface area (Å²) in [7, 11) is 0. The summed E-state index contributed by atoms with van der Waals surface area (Å²) < 4.78 is 1.13. The number of aliphatic hydroxyl groups is 2. The van der Waals surface area contributed by atoms with E-state index in [0.717, 1.165) is 10.6 Å². The van der Waals surface area contributed by atoms with Gasteiger partial charge in [-0.05, 0) is 6.42 Å². The standard InChI is InChI=1S/C9H13N3O5/c13-6-1-2-12(9(16)10-6)5-3-4(11-17)7(14)8(5)15/h1-2,4-5,7-8,11,14-15,17H,3H2,(H,10,13,16)/t4-,5+,7+,8-/m0/s1. The maximum Gasteiger partial charge on any atom is 0.328 e. The Hall–Kier alpha value is -1.48. The number of nitrogens with zero attached hydrogens (tertiary/aromatic N) is 1. The maximum atomic E-state index is 11.5. The minimum atomic E-state index is -1.19. The van der Waals surface area contributed by atoms with Crippen molar-refractivity contribution < 1.29 is 15.4 Å². The molecule has 0 bridgehead atoms. The van der Waals surface area contributed by atoms with Crippen molar-refractivity contribution in [2.45, 2.75) is 30.7 Å². The van der Waals surface area contributed by atoms with E-state index in [2.05, 4.69) is 4.98 Å². The third-order valence-corrected chi connectivity index (χ3v) is 3.03. The molecule has 1 saturated carbocycles. The average Bonchev–Trinajstić information content (AvgIpc) is 2.57. The van der Waals surface area contributed by atoms with E-state index in [9.17, 15) is 19.8 Å². The van der Waals surface area contributed by atoms with Gasteiger partial charge in [-0.15, -0.1) is 0 Å². The van der Waals surface area contributed by atoms with Crippen LogP contribution in [0, 0.1) is 0 Å². The van der Waals surface area contributed by atoms with Crippen molar-refractivity contribution in [2.24, 2.45) is 0 Å². The van der Waals surface area contributed by atoms with E-state index < -0.39 is 35.5 Å². The van der Waals surface area contributed by atoms with Crippen LogP contribution in [0.4, 0.5) is 0 Å². The highest BCUT2D eigenvalue weighted by Crippen LogP contribution is 2.29. The molecule has 0 aromatic carbocycles. The molecular formula is C9H13N3O5. The van der Waals surface area contributed by atoms with Crippen LogP contribution in [0.2, 0.25) is 0 Å². The van der Waals surface area contributed by atoms with Gasteiger partial charge in [-0.25, -0.2) is 4.79 Å². The normalized spacial score (nSPS) is 32.9. The molecule has 0 amide bonds. The molecule has 5 N–H and O–H groups in total. The average molecular weight is 243 g/mol. The molecule has 4 atom stereocenters. The van der Waals surface area contributed by atoms with Crippen molar-refractivity contribution in [3.63, 3.8) is 0 Å². The predicted octanol–water partition coefficient (Wildman–Crippen LogP) is -2.45. The summed E-state index contributed by atoms with van der Waals surface area (Å²) >= 11 is 0. The van der Waals surface area contributed by atoms with Gasteiger partial charge in [-0.2, -0.15) is 5.48 Å². The van der Waals surface area contributed by atoms with Gasteiger partial charge in [0.2, 0.25) is 0 Å². The Labute approximate surface area is 95.1 Å². The molecule has 94 valence electrons. The molecule has 1 heterocycles. The van der Waals surface area contributed by atoms with Crippen molar-refractivity contribution in [1.82, 2.24) is 15.0 Å². The Morgan fingerprint density at radius 2 is 2.06 bits per heavy atom. The van der Waals surface area contributed by atoms with Gasteiger partial charge in [-0.1, -0.05) is 0 Å². The first-order chi connectivity index (χ1) is 8.04. The molecule has 1 aromatic rings. The van der Waals surface area contributed by atoms with Gasteiger partial charge >= 0.3 is 5.69 Å². The molecule has 0 radical (unpaired) electrons. The van der Waals surface area contributed by atoms with E-state index in [4.69, 9.17) is 5.21 Å². The second kappa shape index (κ2) is 4.41. The minimum absolute atomic E-state index is 0.171. The first-order valence-electron chi connectivity index (χ1n) is 5.12. The monoisotopic (exact) mass is 243 g/mol. The molecule has 8 heteroatoms. The van der Waals surface area contributed by atoms with Crippen molar-refractivity contribution in [3.05, 3.63) is 33.1 Å². The number of hydrogen-bond donors (Lipinski definition) is 5. The van der Waals surface area contributed by atoms with Crippen LogP contribution in [0.3, 0.4) is 0 Å². The van der Waals surface area contributed by atoms with Crippen molar-refractivity contribution in [1.29, 1.82) is 0 Å². The highest BCUT2D eigenvalue weighted by atomic mass is 16.5. The Kier molecular flexibility index (Phi) is 3.11. The predicted molar refractivity (Wildman–Crippen MR) is 55.7 cm³/mol. The lowest BCUT2D eigenvalue weighted by molar-refractivity contribution is -0.00983. The summed E-state index contributed by atoms with van der Waals surface area (Å²) in [4.78, 5) is 24.5. The Morgan fingerprint density at radius 1 is 1.35 bits per heavy atom. The van der Waals surface area contributed by atoms with Gasteiger partial charge in [0.15, 0.2) is 0 Å². The fourth-order valence-corrected chi connectivity index (χ4v) is 2.10. The summed E-state index contributed by atoms with van der Waals surface area (Å²) in [5, 5.41) is 28.1. The first kappa shape index (κ1) is 12.0. The first-order valence-corrected chi connectivity index (χ1v) is 5.12. The molecule has 1 fully saturated rings. The molecule has 8 nitrogen and oxygen atoms in total. The SMILES string of the molecule is O=c1ccn([C@@H]2C[C@H](NO)[C@@H](O)[C@H]2O)c(=O)[nH]1. The van der Waals surface area contributed by atoms with Crippen LogP contribution in [0.1, 0.15) is 12.5 Å². The summed E-state index contributed by atoms with van der Waals surface area (Å²) in [6, 6.07) is -0.256.